The third-order valence-electron chi connectivity index (χ3n) is 3.44. The third-order valence-corrected chi connectivity index (χ3v) is 5.32. The fraction of sp³-hybridized carbons (Fsp3) is 0.118. The molecule has 0 bridgehead atoms. The molecule has 1 aliphatic rings. The van der Waals surface area contributed by atoms with Gasteiger partial charge in [-0.1, -0.05) is 17.8 Å². The highest BCUT2D eigenvalue weighted by Gasteiger charge is 2.32. The van der Waals surface area contributed by atoms with Crippen LogP contribution in [0.5, 0.6) is 0 Å². The summed E-state index contributed by atoms with van der Waals surface area (Å²) in [5.74, 6) is -1.70. The van der Waals surface area contributed by atoms with Gasteiger partial charge in [0, 0.05) is 17.0 Å². The number of hydrogen-bond donors (Lipinski definition) is 3. The van der Waals surface area contributed by atoms with Gasteiger partial charge in [-0.15, -0.1) is 16.4 Å². The van der Waals surface area contributed by atoms with Crippen LogP contribution >= 0.6 is 23.1 Å². The zero-order chi connectivity index (χ0) is 19.2. The van der Waals surface area contributed by atoms with Crippen LogP contribution in [0, 0.1) is 0 Å². The van der Waals surface area contributed by atoms with E-state index in [0.29, 0.717) is 10.9 Å². The molecule has 2 amide bonds. The number of aromatic carboxylic acids is 1. The highest BCUT2D eigenvalue weighted by Crippen LogP contribution is 2.23. The molecule has 10 heteroatoms. The number of carboxylic acids is 1. The average molecular weight is 402 g/mol. The van der Waals surface area contributed by atoms with Crippen molar-refractivity contribution in [2.24, 2.45) is 10.2 Å². The van der Waals surface area contributed by atoms with Crippen molar-refractivity contribution in [3.8, 4) is 0 Å². The molecule has 1 fully saturated rings. The number of amides is 2. The van der Waals surface area contributed by atoms with E-state index in [-0.39, 0.29) is 23.8 Å². The van der Waals surface area contributed by atoms with Gasteiger partial charge in [0.25, 0.3) is 0 Å². The molecular weight excluding hydrogens is 388 g/mol. The van der Waals surface area contributed by atoms with Crippen LogP contribution in [-0.4, -0.2) is 39.5 Å². The summed E-state index contributed by atoms with van der Waals surface area (Å²) in [5.41, 5.74) is 0.588. The molecule has 0 aliphatic carbocycles. The molecule has 0 spiro atoms. The standard InChI is InChI=1S/C17H14N4O4S2/c22-14(19-11-5-3-10(4-6-11)16(24)25)8-13-15(23)20-17(27-13)21-18-9-12-2-1-7-26-12/h1-7,9,13H,8H2,(H,19,22)(H,24,25)(H,20,21,23)/b18-9-/t13-/m1/s1. The van der Waals surface area contributed by atoms with Crippen LogP contribution in [-0.2, 0) is 9.59 Å². The zero-order valence-corrected chi connectivity index (χ0v) is 15.4. The highest BCUT2D eigenvalue weighted by molar-refractivity contribution is 8.15. The van der Waals surface area contributed by atoms with Crippen molar-refractivity contribution < 1.29 is 19.5 Å². The minimum atomic E-state index is -1.04. The Kier molecular flexibility index (Phi) is 5.99. The maximum atomic E-state index is 12.1. The number of carbonyl (C=O) groups is 3. The van der Waals surface area contributed by atoms with Gasteiger partial charge < -0.3 is 15.7 Å². The quantitative estimate of drug-likeness (QED) is 0.506. The highest BCUT2D eigenvalue weighted by atomic mass is 32.2. The Balaban J connectivity index is 1.53. The number of hydrogen-bond acceptors (Lipinski definition) is 7. The number of benzene rings is 1. The lowest BCUT2D eigenvalue weighted by Crippen LogP contribution is -2.28. The molecule has 1 atom stereocenters. The molecule has 2 aromatic rings. The Morgan fingerprint density at radius 2 is 2.04 bits per heavy atom. The molecule has 1 aromatic heterocycles. The van der Waals surface area contributed by atoms with Crippen molar-refractivity contribution in [3.05, 3.63) is 52.2 Å². The van der Waals surface area contributed by atoms with Crippen molar-refractivity contribution in [3.63, 3.8) is 0 Å². The van der Waals surface area contributed by atoms with Crippen molar-refractivity contribution >= 4 is 58.0 Å². The summed E-state index contributed by atoms with van der Waals surface area (Å²) >= 11 is 2.66. The van der Waals surface area contributed by atoms with E-state index in [4.69, 9.17) is 5.11 Å². The Bertz CT molecular complexity index is 908. The fourth-order valence-corrected chi connectivity index (χ4v) is 3.67. The number of thioether (sulfide) groups is 1. The maximum absolute atomic E-state index is 12.1. The second kappa shape index (κ2) is 8.60. The summed E-state index contributed by atoms with van der Waals surface area (Å²) in [6.07, 6.45) is 1.55. The van der Waals surface area contributed by atoms with Crippen molar-refractivity contribution in [2.75, 3.05) is 5.32 Å². The van der Waals surface area contributed by atoms with Crippen LogP contribution in [0.4, 0.5) is 5.69 Å². The predicted molar refractivity (Wildman–Crippen MR) is 106 cm³/mol. The third kappa shape index (κ3) is 5.25. The normalized spacial score (nSPS) is 18.0. The SMILES string of the molecule is O=C(C[C@H]1S/C(=N/N=C\c2cccs2)NC1=O)Nc1ccc(C(=O)O)cc1. The van der Waals surface area contributed by atoms with Gasteiger partial charge in [0.2, 0.25) is 11.8 Å². The first-order valence-corrected chi connectivity index (χ1v) is 9.52. The number of rotatable bonds is 6. The van der Waals surface area contributed by atoms with E-state index < -0.39 is 11.2 Å². The van der Waals surface area contributed by atoms with E-state index in [2.05, 4.69) is 20.8 Å². The van der Waals surface area contributed by atoms with Crippen molar-refractivity contribution in [2.45, 2.75) is 11.7 Å². The predicted octanol–water partition coefficient (Wildman–Crippen LogP) is 2.40. The summed E-state index contributed by atoms with van der Waals surface area (Å²) in [6, 6.07) is 9.57. The number of amidine groups is 1. The van der Waals surface area contributed by atoms with E-state index in [1.54, 1.807) is 6.21 Å². The first-order chi connectivity index (χ1) is 13.0. The number of carbonyl (C=O) groups excluding carboxylic acids is 2. The van der Waals surface area contributed by atoms with Gasteiger partial charge in [0.1, 0.15) is 5.25 Å². The lowest BCUT2D eigenvalue weighted by atomic mass is 10.2. The van der Waals surface area contributed by atoms with Gasteiger partial charge >= 0.3 is 5.97 Å². The van der Waals surface area contributed by atoms with E-state index in [1.807, 2.05) is 17.5 Å². The summed E-state index contributed by atoms with van der Waals surface area (Å²) in [7, 11) is 0. The van der Waals surface area contributed by atoms with Crippen LogP contribution in [0.25, 0.3) is 0 Å². The number of carboxylic acid groups (broad SMARTS) is 1. The summed E-state index contributed by atoms with van der Waals surface area (Å²) in [4.78, 5) is 35.9. The number of nitrogens with one attached hydrogen (secondary N) is 2. The Morgan fingerprint density at radius 3 is 2.70 bits per heavy atom. The second-order valence-corrected chi connectivity index (χ2v) is 7.57. The van der Waals surface area contributed by atoms with Crippen LogP contribution in [0.2, 0.25) is 0 Å². The van der Waals surface area contributed by atoms with Gasteiger partial charge in [-0.3, -0.25) is 9.59 Å². The summed E-state index contributed by atoms with van der Waals surface area (Å²) in [6.45, 7) is 0. The lowest BCUT2D eigenvalue weighted by Gasteiger charge is -2.07. The van der Waals surface area contributed by atoms with E-state index in [0.717, 1.165) is 16.6 Å². The molecule has 1 aliphatic heterocycles. The first kappa shape index (κ1) is 18.8. The number of nitrogens with zero attached hydrogens (tertiary/aromatic N) is 2. The molecule has 1 saturated heterocycles. The first-order valence-electron chi connectivity index (χ1n) is 7.76. The molecule has 3 N–H and O–H groups in total. The van der Waals surface area contributed by atoms with E-state index >= 15 is 0 Å². The lowest BCUT2D eigenvalue weighted by molar-refractivity contribution is -0.122. The van der Waals surface area contributed by atoms with Crippen LogP contribution in [0.15, 0.2) is 52.0 Å². The van der Waals surface area contributed by atoms with Crippen molar-refractivity contribution in [1.82, 2.24) is 5.32 Å². The minimum Gasteiger partial charge on any atom is -0.478 e. The minimum absolute atomic E-state index is 0.0369. The van der Waals surface area contributed by atoms with Gasteiger partial charge in [0.05, 0.1) is 11.8 Å². The van der Waals surface area contributed by atoms with Gasteiger partial charge in [-0.25, -0.2) is 4.79 Å². The number of thiophene rings is 1. The maximum Gasteiger partial charge on any atom is 0.335 e. The molecule has 27 heavy (non-hydrogen) atoms. The molecule has 2 heterocycles. The van der Waals surface area contributed by atoms with Gasteiger partial charge in [0.15, 0.2) is 5.17 Å². The summed E-state index contributed by atoms with van der Waals surface area (Å²) in [5, 5.41) is 23.6. The molecule has 138 valence electrons. The zero-order valence-electron chi connectivity index (χ0n) is 13.8. The Labute approximate surface area is 162 Å². The fourth-order valence-electron chi connectivity index (χ4n) is 2.17. The van der Waals surface area contributed by atoms with Gasteiger partial charge in [-0.2, -0.15) is 5.10 Å². The summed E-state index contributed by atoms with van der Waals surface area (Å²) < 4.78 is 0. The molecule has 3 rings (SSSR count). The Morgan fingerprint density at radius 1 is 1.26 bits per heavy atom. The molecule has 0 radical (unpaired) electrons. The second-order valence-electron chi connectivity index (χ2n) is 5.40. The molecular formula is C17H14N4O4S2. The smallest absolute Gasteiger partial charge is 0.335 e. The topological polar surface area (TPSA) is 120 Å². The molecule has 0 saturated carbocycles. The average Bonchev–Trinajstić information content (AvgIpc) is 3.26. The molecule has 0 unspecified atom stereocenters. The van der Waals surface area contributed by atoms with Crippen molar-refractivity contribution in [1.29, 1.82) is 0 Å². The van der Waals surface area contributed by atoms with Gasteiger partial charge in [-0.05, 0) is 35.7 Å². The number of anilines is 1. The van der Waals surface area contributed by atoms with E-state index in [9.17, 15) is 14.4 Å². The monoisotopic (exact) mass is 402 g/mol. The largest absolute Gasteiger partial charge is 0.478 e. The van der Waals surface area contributed by atoms with Crippen LogP contribution < -0.4 is 10.6 Å². The van der Waals surface area contributed by atoms with Crippen LogP contribution in [0.1, 0.15) is 21.7 Å². The molecule has 8 nitrogen and oxygen atoms in total. The molecule has 1 aromatic carbocycles. The van der Waals surface area contributed by atoms with E-state index in [1.165, 1.54) is 35.6 Å². The Hall–Kier alpha value is -2.98. The van der Waals surface area contributed by atoms with Crippen LogP contribution in [0.3, 0.4) is 0 Å².